The molecule has 1 atom stereocenters. The van der Waals surface area contributed by atoms with Crippen molar-refractivity contribution >= 4 is 18.0 Å². The number of carboxylic acids is 1. The molecule has 0 aliphatic heterocycles. The van der Waals surface area contributed by atoms with Gasteiger partial charge in [0.05, 0.1) is 12.5 Å². The van der Waals surface area contributed by atoms with Crippen LogP contribution in [0.25, 0.3) is 11.1 Å². The van der Waals surface area contributed by atoms with Gasteiger partial charge in [-0.1, -0.05) is 67.8 Å². The van der Waals surface area contributed by atoms with Crippen LogP contribution in [-0.2, 0) is 19.1 Å². The van der Waals surface area contributed by atoms with E-state index in [0.717, 1.165) is 41.5 Å². The fourth-order valence-corrected chi connectivity index (χ4v) is 5.16. The summed E-state index contributed by atoms with van der Waals surface area (Å²) >= 11 is 0. The number of alkyl carbamates (subject to hydrolysis) is 1. The van der Waals surface area contributed by atoms with E-state index in [0.29, 0.717) is 12.8 Å². The Labute approximate surface area is 205 Å². The van der Waals surface area contributed by atoms with Crippen molar-refractivity contribution in [3.8, 4) is 11.1 Å². The predicted octanol–water partition coefficient (Wildman–Crippen LogP) is 3.83. The average molecular weight is 481 g/mol. The van der Waals surface area contributed by atoms with Gasteiger partial charge in [0.1, 0.15) is 12.1 Å². The summed E-state index contributed by atoms with van der Waals surface area (Å²) in [5.74, 6) is -1.45. The van der Waals surface area contributed by atoms with E-state index in [9.17, 15) is 19.5 Å². The standard InChI is InChI=1S/C27H32N2O6/c1-34-18(15-24(30)29-27(25(31)32)13-7-2-8-14-27)16-28-26(33)35-17-23-21-11-5-3-9-19(21)20-10-4-6-12-22(20)23/h3-6,9-12,18,23H,2,7-8,13-17H2,1H3,(H,28,33)(H,29,30)(H,31,32). The summed E-state index contributed by atoms with van der Waals surface area (Å²) in [5.41, 5.74) is 3.35. The first-order valence-corrected chi connectivity index (χ1v) is 12.1. The number of rotatable bonds is 9. The van der Waals surface area contributed by atoms with Gasteiger partial charge in [0.15, 0.2) is 0 Å². The molecule has 0 saturated heterocycles. The molecular formula is C27H32N2O6. The molecule has 0 radical (unpaired) electrons. The summed E-state index contributed by atoms with van der Waals surface area (Å²) in [6.45, 7) is 0.264. The van der Waals surface area contributed by atoms with Gasteiger partial charge in [-0.3, -0.25) is 4.79 Å². The Morgan fingerprint density at radius 1 is 1.00 bits per heavy atom. The number of carbonyl (C=O) groups is 3. The molecule has 2 aromatic carbocycles. The lowest BCUT2D eigenvalue weighted by Gasteiger charge is -2.34. The van der Waals surface area contributed by atoms with Gasteiger partial charge < -0.3 is 25.2 Å². The number of fused-ring (bicyclic) bond motifs is 3. The predicted molar refractivity (Wildman–Crippen MR) is 130 cm³/mol. The fraction of sp³-hybridized carbons (Fsp3) is 0.444. The van der Waals surface area contributed by atoms with Crippen LogP contribution in [0.5, 0.6) is 0 Å². The Morgan fingerprint density at radius 3 is 2.17 bits per heavy atom. The van der Waals surface area contributed by atoms with E-state index in [2.05, 4.69) is 34.9 Å². The largest absolute Gasteiger partial charge is 0.480 e. The van der Waals surface area contributed by atoms with Crippen molar-refractivity contribution in [1.82, 2.24) is 10.6 Å². The molecule has 35 heavy (non-hydrogen) atoms. The SMILES string of the molecule is COC(CNC(=O)OCC1c2ccccc2-c2ccccc21)CC(=O)NC1(C(=O)O)CCCCC1. The monoisotopic (exact) mass is 480 g/mol. The van der Waals surface area contributed by atoms with E-state index in [1.54, 1.807) is 0 Å². The summed E-state index contributed by atoms with van der Waals surface area (Å²) < 4.78 is 10.9. The molecule has 8 nitrogen and oxygen atoms in total. The van der Waals surface area contributed by atoms with E-state index in [-0.39, 0.29) is 25.5 Å². The van der Waals surface area contributed by atoms with Crippen molar-refractivity contribution in [2.75, 3.05) is 20.3 Å². The van der Waals surface area contributed by atoms with Crippen molar-refractivity contribution < 1.29 is 29.0 Å². The van der Waals surface area contributed by atoms with E-state index >= 15 is 0 Å². The molecule has 1 fully saturated rings. The van der Waals surface area contributed by atoms with Crippen LogP contribution >= 0.6 is 0 Å². The number of benzene rings is 2. The summed E-state index contributed by atoms with van der Waals surface area (Å²) in [6, 6.07) is 16.2. The van der Waals surface area contributed by atoms with Gasteiger partial charge in [-0.2, -0.15) is 0 Å². The molecule has 0 aromatic heterocycles. The number of ether oxygens (including phenoxy) is 2. The zero-order valence-electron chi connectivity index (χ0n) is 19.9. The van der Waals surface area contributed by atoms with E-state index < -0.39 is 29.6 Å². The lowest BCUT2D eigenvalue weighted by atomic mass is 9.81. The number of methoxy groups -OCH3 is 1. The number of hydrogen-bond acceptors (Lipinski definition) is 5. The second-order valence-electron chi connectivity index (χ2n) is 9.26. The molecule has 3 N–H and O–H groups in total. The maximum atomic E-state index is 12.6. The minimum Gasteiger partial charge on any atom is -0.480 e. The van der Waals surface area contributed by atoms with Crippen molar-refractivity contribution in [2.24, 2.45) is 0 Å². The maximum absolute atomic E-state index is 12.6. The summed E-state index contributed by atoms with van der Waals surface area (Å²) in [5, 5.41) is 15.0. The second kappa shape index (κ2) is 10.9. The summed E-state index contributed by atoms with van der Waals surface area (Å²) in [6.07, 6.45) is 2.08. The molecule has 1 saturated carbocycles. The fourth-order valence-electron chi connectivity index (χ4n) is 5.16. The minimum atomic E-state index is -1.21. The molecule has 186 valence electrons. The number of amides is 2. The molecule has 1 unspecified atom stereocenters. The number of carbonyl (C=O) groups excluding carboxylic acids is 2. The van der Waals surface area contributed by atoms with Crippen LogP contribution in [0.4, 0.5) is 4.79 Å². The summed E-state index contributed by atoms with van der Waals surface area (Å²) in [4.78, 5) is 36.8. The van der Waals surface area contributed by atoms with Crippen LogP contribution in [-0.4, -0.2) is 55.0 Å². The van der Waals surface area contributed by atoms with Gasteiger partial charge in [-0.15, -0.1) is 0 Å². The normalized spacial score (nSPS) is 17.1. The van der Waals surface area contributed by atoms with Gasteiger partial charge in [-0.05, 0) is 35.1 Å². The van der Waals surface area contributed by atoms with E-state index in [1.165, 1.54) is 7.11 Å². The van der Waals surface area contributed by atoms with Crippen LogP contribution in [0.3, 0.4) is 0 Å². The molecule has 8 heteroatoms. The maximum Gasteiger partial charge on any atom is 0.407 e. The molecule has 0 spiro atoms. The highest BCUT2D eigenvalue weighted by Crippen LogP contribution is 2.44. The third-order valence-electron chi connectivity index (χ3n) is 7.06. The Morgan fingerprint density at radius 2 is 1.60 bits per heavy atom. The minimum absolute atomic E-state index is 0.0418. The first-order valence-electron chi connectivity index (χ1n) is 12.1. The third kappa shape index (κ3) is 5.48. The van der Waals surface area contributed by atoms with E-state index in [4.69, 9.17) is 9.47 Å². The zero-order valence-corrected chi connectivity index (χ0v) is 19.9. The lowest BCUT2D eigenvalue weighted by Crippen LogP contribution is -2.56. The van der Waals surface area contributed by atoms with Crippen LogP contribution in [0.2, 0.25) is 0 Å². The van der Waals surface area contributed by atoms with Gasteiger partial charge in [0, 0.05) is 19.6 Å². The summed E-state index contributed by atoms with van der Waals surface area (Å²) in [7, 11) is 1.45. The molecule has 2 aromatic rings. The first-order chi connectivity index (χ1) is 16.9. The first kappa shape index (κ1) is 24.7. The molecule has 2 aliphatic carbocycles. The Kier molecular flexibility index (Phi) is 7.70. The molecular weight excluding hydrogens is 448 g/mol. The topological polar surface area (TPSA) is 114 Å². The van der Waals surface area contributed by atoms with Gasteiger partial charge >= 0.3 is 12.1 Å². The van der Waals surface area contributed by atoms with Crippen LogP contribution in [0.1, 0.15) is 55.6 Å². The smallest absolute Gasteiger partial charge is 0.407 e. The molecule has 0 bridgehead atoms. The number of nitrogens with one attached hydrogen (secondary N) is 2. The Balaban J connectivity index is 1.28. The molecule has 0 heterocycles. The van der Waals surface area contributed by atoms with Gasteiger partial charge in [0.25, 0.3) is 0 Å². The second-order valence-corrected chi connectivity index (χ2v) is 9.26. The number of aliphatic carboxylic acids is 1. The quantitative estimate of drug-likeness (QED) is 0.503. The molecule has 2 aliphatic rings. The van der Waals surface area contributed by atoms with Crippen molar-refractivity contribution in [2.45, 2.75) is 56.1 Å². The van der Waals surface area contributed by atoms with Crippen LogP contribution < -0.4 is 10.6 Å². The highest BCUT2D eigenvalue weighted by atomic mass is 16.5. The van der Waals surface area contributed by atoms with Crippen LogP contribution in [0.15, 0.2) is 48.5 Å². The number of hydrogen-bond donors (Lipinski definition) is 3. The van der Waals surface area contributed by atoms with Crippen molar-refractivity contribution in [3.05, 3.63) is 59.7 Å². The number of carboxylic acid groups (broad SMARTS) is 1. The third-order valence-corrected chi connectivity index (χ3v) is 7.06. The molecule has 2 amide bonds. The van der Waals surface area contributed by atoms with Crippen molar-refractivity contribution in [1.29, 1.82) is 0 Å². The lowest BCUT2D eigenvalue weighted by molar-refractivity contribution is -0.149. The van der Waals surface area contributed by atoms with Gasteiger partial charge in [-0.25, -0.2) is 9.59 Å². The van der Waals surface area contributed by atoms with Gasteiger partial charge in [0.2, 0.25) is 5.91 Å². The van der Waals surface area contributed by atoms with Crippen LogP contribution in [0, 0.1) is 0 Å². The average Bonchev–Trinajstić information content (AvgIpc) is 3.19. The highest BCUT2D eigenvalue weighted by Gasteiger charge is 2.41. The molecule has 4 rings (SSSR count). The highest BCUT2D eigenvalue weighted by molar-refractivity contribution is 5.87. The Bertz CT molecular complexity index is 1030. The van der Waals surface area contributed by atoms with E-state index in [1.807, 2.05) is 24.3 Å². The Hall–Kier alpha value is -3.39. The van der Waals surface area contributed by atoms with Crippen molar-refractivity contribution in [3.63, 3.8) is 0 Å². The zero-order chi connectivity index (χ0) is 24.8.